The fraction of sp³-hybridized carbons (Fsp3) is 0.167. The minimum atomic E-state index is 0.235. The molecule has 0 atom stereocenters. The van der Waals surface area contributed by atoms with Crippen LogP contribution in [0.1, 0.15) is 5.56 Å². The van der Waals surface area contributed by atoms with E-state index in [2.05, 4.69) is 42.7 Å². The Morgan fingerprint density at radius 2 is 2.11 bits per heavy atom. The Kier molecular flexibility index (Phi) is 4.61. The standard InChI is InChI=1S/C18H14BrN5O2S2/c19-11-5-12-13(26-9-25-12)6-14(11)28-18-22-15-16(20)21-8-24(17(15)23-18)3-1-10-2-4-27-7-10/h2,4-8H,1,3,9,20H2. The number of rotatable bonds is 5. The highest BCUT2D eigenvalue weighted by atomic mass is 79.9. The van der Waals surface area contributed by atoms with Gasteiger partial charge in [0.05, 0.1) is 6.33 Å². The summed E-state index contributed by atoms with van der Waals surface area (Å²) in [5, 5.41) is 4.84. The van der Waals surface area contributed by atoms with Crippen molar-refractivity contribution in [1.82, 2.24) is 19.5 Å². The molecule has 10 heteroatoms. The molecule has 4 heterocycles. The summed E-state index contributed by atoms with van der Waals surface area (Å²) in [7, 11) is 0. The van der Waals surface area contributed by atoms with E-state index in [9.17, 15) is 0 Å². The lowest BCUT2D eigenvalue weighted by Crippen LogP contribution is -2.09. The first-order chi connectivity index (χ1) is 13.7. The Labute approximate surface area is 177 Å². The number of nitrogens with zero attached hydrogens (tertiary/aromatic N) is 4. The Balaban J connectivity index is 1.45. The predicted octanol–water partition coefficient (Wildman–Crippen LogP) is 4.31. The second kappa shape index (κ2) is 7.26. The van der Waals surface area contributed by atoms with Gasteiger partial charge in [0.2, 0.25) is 6.79 Å². The minimum Gasteiger partial charge on any atom is -0.454 e. The number of nitrogens with two attached hydrogens (primary N) is 1. The Morgan fingerprint density at radius 3 is 2.93 bits per heavy atom. The maximum atomic E-state index is 6.05. The molecule has 0 aliphatic carbocycles. The molecule has 7 nitrogen and oxygen atoms in total. The molecular weight excluding hydrogens is 462 g/mol. The van der Waals surface area contributed by atoms with Crippen molar-refractivity contribution in [3.63, 3.8) is 0 Å². The number of anilines is 1. The van der Waals surface area contributed by atoms with Crippen LogP contribution in [0.2, 0.25) is 0 Å². The molecule has 0 unspecified atom stereocenters. The van der Waals surface area contributed by atoms with E-state index in [0.29, 0.717) is 22.4 Å². The van der Waals surface area contributed by atoms with Gasteiger partial charge in [0.25, 0.3) is 0 Å². The van der Waals surface area contributed by atoms with Crippen LogP contribution in [0.3, 0.4) is 0 Å². The van der Waals surface area contributed by atoms with E-state index in [1.165, 1.54) is 17.3 Å². The van der Waals surface area contributed by atoms with Crippen LogP contribution in [0.4, 0.5) is 5.82 Å². The van der Waals surface area contributed by atoms with Crippen LogP contribution in [0.15, 0.2) is 49.8 Å². The fourth-order valence-corrected chi connectivity index (χ4v) is 4.96. The Hall–Kier alpha value is -2.30. The number of hydrogen-bond acceptors (Lipinski definition) is 8. The molecule has 2 N–H and O–H groups in total. The number of nitrogen functional groups attached to an aromatic ring is 1. The van der Waals surface area contributed by atoms with Crippen molar-refractivity contribution >= 4 is 44.8 Å². The van der Waals surface area contributed by atoms with Crippen LogP contribution in [-0.4, -0.2) is 26.3 Å². The van der Waals surface area contributed by atoms with Gasteiger partial charge in [0.1, 0.15) is 0 Å². The van der Waals surface area contributed by atoms with Crippen LogP contribution in [-0.2, 0) is 13.0 Å². The van der Waals surface area contributed by atoms with Crippen molar-refractivity contribution < 1.29 is 9.47 Å². The molecule has 3 aliphatic rings. The van der Waals surface area contributed by atoms with E-state index in [-0.39, 0.29) is 6.79 Å². The van der Waals surface area contributed by atoms with Crippen molar-refractivity contribution in [2.45, 2.75) is 23.0 Å². The van der Waals surface area contributed by atoms with Gasteiger partial charge in [-0.05, 0) is 68.6 Å². The highest BCUT2D eigenvalue weighted by Crippen LogP contribution is 2.43. The summed E-state index contributed by atoms with van der Waals surface area (Å²) in [6.45, 7) is 0.996. The van der Waals surface area contributed by atoms with E-state index in [4.69, 9.17) is 20.2 Å². The van der Waals surface area contributed by atoms with E-state index in [0.717, 1.165) is 33.9 Å². The summed E-state index contributed by atoms with van der Waals surface area (Å²) < 4.78 is 13.8. The molecule has 1 aromatic heterocycles. The van der Waals surface area contributed by atoms with Gasteiger partial charge in [-0.15, -0.1) is 0 Å². The first-order valence-corrected chi connectivity index (χ1v) is 11.0. The van der Waals surface area contributed by atoms with Gasteiger partial charge in [-0.3, -0.25) is 0 Å². The third-order valence-electron chi connectivity index (χ3n) is 4.32. The molecule has 3 aliphatic heterocycles. The second-order valence-electron chi connectivity index (χ2n) is 6.12. The van der Waals surface area contributed by atoms with Crippen LogP contribution >= 0.6 is 39.0 Å². The number of aryl methyl sites for hydroxylation is 2. The molecular formula is C18H14BrN5O2S2. The molecule has 0 bridgehead atoms. The lowest BCUT2D eigenvalue weighted by Gasteiger charge is -2.10. The number of aromatic nitrogens is 4. The third kappa shape index (κ3) is 3.31. The minimum absolute atomic E-state index is 0.235. The van der Waals surface area contributed by atoms with Crippen molar-refractivity contribution in [3.8, 4) is 23.0 Å². The summed E-state index contributed by atoms with van der Waals surface area (Å²) in [4.78, 5) is 14.5. The lowest BCUT2D eigenvalue weighted by atomic mass is 10.2. The van der Waals surface area contributed by atoms with Gasteiger partial charge in [-0.25, -0.2) is 15.0 Å². The number of thiophene rings is 1. The topological polar surface area (TPSA) is 88.1 Å². The van der Waals surface area contributed by atoms with E-state index in [1.54, 1.807) is 17.7 Å². The van der Waals surface area contributed by atoms with Gasteiger partial charge in [0.15, 0.2) is 34.0 Å². The summed E-state index contributed by atoms with van der Waals surface area (Å²) in [5.74, 6) is 2.56. The number of halogens is 1. The van der Waals surface area contributed by atoms with Crippen molar-refractivity contribution in [2.75, 3.05) is 12.5 Å². The fourth-order valence-electron chi connectivity index (χ4n) is 2.90. The number of hydrogen-bond donors (Lipinski definition) is 1. The van der Waals surface area contributed by atoms with E-state index < -0.39 is 0 Å². The molecule has 28 heavy (non-hydrogen) atoms. The number of benzene rings is 1. The summed E-state index contributed by atoms with van der Waals surface area (Å²) in [6, 6.07) is 5.94. The third-order valence-corrected chi connectivity index (χ3v) is 6.89. The highest BCUT2D eigenvalue weighted by Gasteiger charge is 2.22. The van der Waals surface area contributed by atoms with E-state index in [1.807, 2.05) is 16.7 Å². The van der Waals surface area contributed by atoms with Gasteiger partial charge in [0, 0.05) is 15.9 Å². The summed E-state index contributed by atoms with van der Waals surface area (Å²) in [5.41, 5.74) is 7.96. The molecule has 0 saturated carbocycles. The average molecular weight is 476 g/mol. The van der Waals surface area contributed by atoms with Gasteiger partial charge in [-0.1, -0.05) is 0 Å². The molecule has 2 aromatic rings. The van der Waals surface area contributed by atoms with Crippen LogP contribution < -0.4 is 15.2 Å². The number of fused-ring (bicyclic) bond motifs is 2. The summed E-state index contributed by atoms with van der Waals surface area (Å²) in [6.07, 6.45) is 2.63. The van der Waals surface area contributed by atoms with Gasteiger partial charge in [-0.2, -0.15) is 11.3 Å². The van der Waals surface area contributed by atoms with Crippen molar-refractivity contribution in [2.24, 2.45) is 0 Å². The molecule has 0 amide bonds. The first-order valence-electron chi connectivity index (χ1n) is 8.44. The predicted molar refractivity (Wildman–Crippen MR) is 111 cm³/mol. The maximum Gasteiger partial charge on any atom is 0.231 e. The average Bonchev–Trinajstić information content (AvgIpc) is 3.42. The van der Waals surface area contributed by atoms with Crippen LogP contribution in [0.5, 0.6) is 11.5 Å². The molecule has 0 radical (unpaired) electrons. The molecule has 1 aromatic carbocycles. The smallest absolute Gasteiger partial charge is 0.231 e. The first kappa shape index (κ1) is 17.8. The van der Waals surface area contributed by atoms with E-state index >= 15 is 0 Å². The second-order valence-corrected chi connectivity index (χ2v) is 8.76. The van der Waals surface area contributed by atoms with Crippen molar-refractivity contribution in [3.05, 3.63) is 45.3 Å². The monoisotopic (exact) mass is 475 g/mol. The van der Waals surface area contributed by atoms with Crippen LogP contribution in [0, 0.1) is 0 Å². The zero-order valence-electron chi connectivity index (χ0n) is 14.5. The SMILES string of the molecule is Nc1ncn(CCc2ccsc2)c2nc(Sc3cc4c(cc3Br)OCO4)nc1-2. The largest absolute Gasteiger partial charge is 0.454 e. The quantitative estimate of drug-likeness (QED) is 0.459. The zero-order valence-corrected chi connectivity index (χ0v) is 17.7. The molecule has 0 fully saturated rings. The van der Waals surface area contributed by atoms with Gasteiger partial charge < -0.3 is 19.8 Å². The maximum absolute atomic E-state index is 6.05. The Morgan fingerprint density at radius 1 is 1.25 bits per heavy atom. The molecule has 5 rings (SSSR count). The van der Waals surface area contributed by atoms with Crippen molar-refractivity contribution in [1.29, 1.82) is 0 Å². The lowest BCUT2D eigenvalue weighted by molar-refractivity contribution is 0.174. The molecule has 142 valence electrons. The normalized spacial score (nSPS) is 12.8. The molecule has 0 saturated heterocycles. The zero-order chi connectivity index (χ0) is 19.1. The molecule has 0 spiro atoms. The number of ether oxygens (including phenoxy) is 2. The van der Waals surface area contributed by atoms with Gasteiger partial charge >= 0.3 is 0 Å². The van der Waals surface area contributed by atoms with Crippen LogP contribution in [0.25, 0.3) is 11.5 Å². The summed E-state index contributed by atoms with van der Waals surface area (Å²) >= 11 is 6.71. The highest BCUT2D eigenvalue weighted by molar-refractivity contribution is 9.10. The Bertz CT molecular complexity index is 1120. The number of imidazole rings is 1.